The Balaban J connectivity index is 2.99. The van der Waals surface area contributed by atoms with Gasteiger partial charge in [-0.2, -0.15) is 0 Å². The average molecular weight is 280 g/mol. The van der Waals surface area contributed by atoms with Crippen molar-refractivity contribution >= 4 is 15.9 Å². The third-order valence-electron chi connectivity index (χ3n) is 2.34. The van der Waals surface area contributed by atoms with Crippen molar-refractivity contribution in [3.8, 4) is 0 Å². The Morgan fingerprint density at radius 1 is 1.13 bits per heavy atom. The Morgan fingerprint density at radius 3 is 2.47 bits per heavy atom. The molecule has 0 aliphatic carbocycles. The van der Waals surface area contributed by atoms with Crippen LogP contribution in [-0.2, 0) is 4.74 Å². The van der Waals surface area contributed by atoms with E-state index in [2.05, 4.69) is 42.0 Å². The van der Waals surface area contributed by atoms with Gasteiger partial charge >= 0.3 is 0 Å². The van der Waals surface area contributed by atoms with Gasteiger partial charge in [-0.05, 0) is 31.7 Å². The van der Waals surface area contributed by atoms with Crippen molar-refractivity contribution < 1.29 is 4.74 Å². The zero-order valence-electron chi connectivity index (χ0n) is 10.4. The standard InChI is InChI=1S/C12H26BrNO/c1-4-12(13)5-7-14-8-10-15-9-6-11(2)3/h11-12,14H,4-10H2,1-3H3. The summed E-state index contributed by atoms with van der Waals surface area (Å²) in [6.45, 7) is 10.4. The zero-order valence-corrected chi connectivity index (χ0v) is 12.0. The Bertz CT molecular complexity index is 131. The van der Waals surface area contributed by atoms with Gasteiger partial charge in [0.2, 0.25) is 0 Å². The molecule has 2 nitrogen and oxygen atoms in total. The molecule has 1 N–H and O–H groups in total. The van der Waals surface area contributed by atoms with E-state index in [4.69, 9.17) is 4.74 Å². The summed E-state index contributed by atoms with van der Waals surface area (Å²) in [4.78, 5) is 0.659. The molecule has 0 aromatic heterocycles. The normalized spacial score (nSPS) is 13.4. The lowest BCUT2D eigenvalue weighted by atomic mass is 10.1. The van der Waals surface area contributed by atoms with Gasteiger partial charge in [0.1, 0.15) is 0 Å². The maximum Gasteiger partial charge on any atom is 0.0590 e. The summed E-state index contributed by atoms with van der Waals surface area (Å²) in [5, 5.41) is 3.38. The molecule has 1 unspecified atom stereocenters. The fraction of sp³-hybridized carbons (Fsp3) is 1.00. The summed E-state index contributed by atoms with van der Waals surface area (Å²) in [7, 11) is 0. The molecule has 0 fully saturated rings. The Kier molecular flexibility index (Phi) is 11.2. The molecular weight excluding hydrogens is 254 g/mol. The molecule has 3 heteroatoms. The lowest BCUT2D eigenvalue weighted by Gasteiger charge is -2.09. The van der Waals surface area contributed by atoms with Gasteiger partial charge in [0.05, 0.1) is 6.61 Å². The molecule has 0 amide bonds. The minimum Gasteiger partial charge on any atom is -0.380 e. The van der Waals surface area contributed by atoms with Gasteiger partial charge < -0.3 is 10.1 Å². The van der Waals surface area contributed by atoms with Crippen LogP contribution in [0.25, 0.3) is 0 Å². The van der Waals surface area contributed by atoms with E-state index in [0.29, 0.717) is 4.83 Å². The van der Waals surface area contributed by atoms with Gasteiger partial charge in [-0.3, -0.25) is 0 Å². The molecular formula is C12H26BrNO. The van der Waals surface area contributed by atoms with Gasteiger partial charge in [-0.25, -0.2) is 0 Å². The summed E-state index contributed by atoms with van der Waals surface area (Å²) in [6, 6.07) is 0. The van der Waals surface area contributed by atoms with E-state index in [0.717, 1.165) is 32.2 Å². The highest BCUT2D eigenvalue weighted by molar-refractivity contribution is 9.09. The topological polar surface area (TPSA) is 21.3 Å². The van der Waals surface area contributed by atoms with Crippen molar-refractivity contribution in [2.24, 2.45) is 5.92 Å². The molecule has 0 aliphatic rings. The van der Waals surface area contributed by atoms with E-state index in [9.17, 15) is 0 Å². The molecule has 0 bridgehead atoms. The first-order valence-electron chi connectivity index (χ1n) is 6.09. The third-order valence-corrected chi connectivity index (χ3v) is 3.45. The molecule has 0 aromatic rings. The van der Waals surface area contributed by atoms with Crippen LogP contribution in [0.3, 0.4) is 0 Å². The van der Waals surface area contributed by atoms with Crippen LogP contribution >= 0.6 is 15.9 Å². The van der Waals surface area contributed by atoms with Crippen LogP contribution in [0.5, 0.6) is 0 Å². The molecule has 1 atom stereocenters. The summed E-state index contributed by atoms with van der Waals surface area (Å²) in [6.07, 6.45) is 3.56. The molecule has 0 aromatic carbocycles. The molecule has 0 radical (unpaired) electrons. The van der Waals surface area contributed by atoms with E-state index in [1.165, 1.54) is 19.3 Å². The number of hydrogen-bond acceptors (Lipinski definition) is 2. The molecule has 15 heavy (non-hydrogen) atoms. The second-order valence-electron chi connectivity index (χ2n) is 4.34. The number of hydrogen-bond donors (Lipinski definition) is 1. The average Bonchev–Trinajstić information content (AvgIpc) is 2.21. The largest absolute Gasteiger partial charge is 0.380 e. The third kappa shape index (κ3) is 12.3. The first kappa shape index (κ1) is 15.4. The Labute approximate surface area is 103 Å². The van der Waals surface area contributed by atoms with Gasteiger partial charge in [-0.15, -0.1) is 0 Å². The van der Waals surface area contributed by atoms with Crippen LogP contribution in [0.1, 0.15) is 40.0 Å². The second kappa shape index (κ2) is 10.9. The lowest BCUT2D eigenvalue weighted by molar-refractivity contribution is 0.125. The van der Waals surface area contributed by atoms with Crippen molar-refractivity contribution in [2.45, 2.75) is 44.9 Å². The van der Waals surface area contributed by atoms with E-state index >= 15 is 0 Å². The van der Waals surface area contributed by atoms with Crippen LogP contribution in [-0.4, -0.2) is 31.1 Å². The number of ether oxygens (including phenoxy) is 1. The first-order chi connectivity index (χ1) is 7.16. The number of nitrogens with one attached hydrogen (secondary N) is 1. The molecule has 0 heterocycles. The molecule has 92 valence electrons. The van der Waals surface area contributed by atoms with Crippen LogP contribution in [0.4, 0.5) is 0 Å². The van der Waals surface area contributed by atoms with Gasteiger partial charge in [0.15, 0.2) is 0 Å². The van der Waals surface area contributed by atoms with Crippen LogP contribution in [0.2, 0.25) is 0 Å². The zero-order chi connectivity index (χ0) is 11.5. The van der Waals surface area contributed by atoms with Gasteiger partial charge in [0, 0.05) is 18.0 Å². The van der Waals surface area contributed by atoms with E-state index in [-0.39, 0.29) is 0 Å². The van der Waals surface area contributed by atoms with E-state index < -0.39 is 0 Å². The Hall–Kier alpha value is 0.400. The monoisotopic (exact) mass is 279 g/mol. The molecule has 0 rings (SSSR count). The predicted molar refractivity (Wildman–Crippen MR) is 70.8 cm³/mol. The fourth-order valence-electron chi connectivity index (χ4n) is 1.15. The lowest BCUT2D eigenvalue weighted by Crippen LogP contribution is -2.23. The number of alkyl halides is 1. The SMILES string of the molecule is CCC(Br)CCNCCOCCC(C)C. The van der Waals surface area contributed by atoms with Crippen molar-refractivity contribution in [1.29, 1.82) is 0 Å². The summed E-state index contributed by atoms with van der Waals surface area (Å²) in [5.74, 6) is 0.747. The smallest absolute Gasteiger partial charge is 0.0590 e. The van der Waals surface area contributed by atoms with Crippen LogP contribution < -0.4 is 5.32 Å². The molecule has 0 saturated carbocycles. The minimum atomic E-state index is 0.659. The summed E-state index contributed by atoms with van der Waals surface area (Å²) < 4.78 is 5.50. The quantitative estimate of drug-likeness (QED) is 0.490. The van der Waals surface area contributed by atoms with E-state index in [1.807, 2.05) is 0 Å². The number of halogens is 1. The van der Waals surface area contributed by atoms with Crippen molar-refractivity contribution in [1.82, 2.24) is 5.32 Å². The van der Waals surface area contributed by atoms with E-state index in [1.54, 1.807) is 0 Å². The second-order valence-corrected chi connectivity index (χ2v) is 5.63. The van der Waals surface area contributed by atoms with Crippen molar-refractivity contribution in [3.63, 3.8) is 0 Å². The summed E-state index contributed by atoms with van der Waals surface area (Å²) >= 11 is 3.62. The van der Waals surface area contributed by atoms with Gasteiger partial charge in [0.25, 0.3) is 0 Å². The van der Waals surface area contributed by atoms with Crippen LogP contribution in [0.15, 0.2) is 0 Å². The van der Waals surface area contributed by atoms with Crippen LogP contribution in [0, 0.1) is 5.92 Å². The highest BCUT2D eigenvalue weighted by Crippen LogP contribution is 2.07. The Morgan fingerprint density at radius 2 is 1.87 bits per heavy atom. The fourth-order valence-corrected chi connectivity index (χ4v) is 1.38. The summed E-state index contributed by atoms with van der Waals surface area (Å²) in [5.41, 5.74) is 0. The van der Waals surface area contributed by atoms with Crippen molar-refractivity contribution in [3.05, 3.63) is 0 Å². The predicted octanol–water partition coefficient (Wildman–Crippen LogP) is 3.20. The molecule has 0 saturated heterocycles. The minimum absolute atomic E-state index is 0.659. The molecule has 0 aliphatic heterocycles. The highest BCUT2D eigenvalue weighted by Gasteiger charge is 1.99. The highest BCUT2D eigenvalue weighted by atomic mass is 79.9. The van der Waals surface area contributed by atoms with Crippen molar-refractivity contribution in [2.75, 3.05) is 26.3 Å². The maximum atomic E-state index is 5.50. The van der Waals surface area contributed by atoms with Gasteiger partial charge in [-0.1, -0.05) is 36.7 Å². The first-order valence-corrected chi connectivity index (χ1v) is 7.00. The maximum absolute atomic E-state index is 5.50. The number of rotatable bonds is 10. The molecule has 0 spiro atoms.